The minimum absolute atomic E-state index is 0.295. The monoisotopic (exact) mass is 311 g/mol. The van der Waals surface area contributed by atoms with Gasteiger partial charge < -0.3 is 10.1 Å². The lowest BCUT2D eigenvalue weighted by Gasteiger charge is -2.06. The van der Waals surface area contributed by atoms with Gasteiger partial charge in [0.2, 0.25) is 0 Å². The van der Waals surface area contributed by atoms with Crippen molar-refractivity contribution in [3.8, 4) is 0 Å². The Kier molecular flexibility index (Phi) is 15.9. The summed E-state index contributed by atoms with van der Waals surface area (Å²) in [5, 5.41) is 3.30. The Morgan fingerprint density at radius 3 is 1.86 bits per heavy atom. The van der Waals surface area contributed by atoms with E-state index in [0.29, 0.717) is 12.2 Å². The van der Waals surface area contributed by atoms with Gasteiger partial charge in [-0.3, -0.25) is 0 Å². The van der Waals surface area contributed by atoms with Crippen LogP contribution in [0.1, 0.15) is 84.5 Å². The van der Waals surface area contributed by atoms with Crippen LogP contribution in [0.15, 0.2) is 12.2 Å². The van der Waals surface area contributed by atoms with E-state index in [4.69, 9.17) is 4.74 Å². The SMILES string of the molecule is C=C(C)C(=O)OCCNCCCCCCCCCCCCC. The summed E-state index contributed by atoms with van der Waals surface area (Å²) in [5.74, 6) is -0.295. The molecule has 0 fully saturated rings. The van der Waals surface area contributed by atoms with Crippen LogP contribution < -0.4 is 5.32 Å². The molecule has 3 nitrogen and oxygen atoms in total. The fourth-order valence-corrected chi connectivity index (χ4v) is 2.38. The van der Waals surface area contributed by atoms with Crippen LogP contribution in [0, 0.1) is 0 Å². The van der Waals surface area contributed by atoms with E-state index in [9.17, 15) is 4.79 Å². The van der Waals surface area contributed by atoms with E-state index < -0.39 is 0 Å². The number of hydrogen-bond donors (Lipinski definition) is 1. The molecule has 0 aliphatic carbocycles. The van der Waals surface area contributed by atoms with Crippen LogP contribution in [0.2, 0.25) is 0 Å². The molecule has 0 aromatic carbocycles. The first-order valence-corrected chi connectivity index (χ1v) is 9.21. The van der Waals surface area contributed by atoms with E-state index in [1.54, 1.807) is 6.92 Å². The van der Waals surface area contributed by atoms with Crippen molar-refractivity contribution in [2.45, 2.75) is 84.5 Å². The molecule has 0 amide bonds. The van der Waals surface area contributed by atoms with Crippen molar-refractivity contribution in [2.75, 3.05) is 19.7 Å². The summed E-state index contributed by atoms with van der Waals surface area (Å²) in [5.41, 5.74) is 0.463. The van der Waals surface area contributed by atoms with Gasteiger partial charge in [0.05, 0.1) is 0 Å². The molecule has 1 N–H and O–H groups in total. The van der Waals surface area contributed by atoms with Gasteiger partial charge in [-0.15, -0.1) is 0 Å². The molecule has 3 heteroatoms. The Morgan fingerprint density at radius 1 is 0.864 bits per heavy atom. The predicted molar refractivity (Wildman–Crippen MR) is 95.1 cm³/mol. The fraction of sp³-hybridized carbons (Fsp3) is 0.842. The molecular weight excluding hydrogens is 274 g/mol. The Morgan fingerprint density at radius 2 is 1.36 bits per heavy atom. The van der Waals surface area contributed by atoms with Crippen LogP contribution >= 0.6 is 0 Å². The Bertz CT molecular complexity index is 277. The number of rotatable bonds is 16. The van der Waals surface area contributed by atoms with E-state index in [1.165, 1.54) is 70.6 Å². The number of ether oxygens (including phenoxy) is 1. The third-order valence-electron chi connectivity index (χ3n) is 3.82. The van der Waals surface area contributed by atoms with Gasteiger partial charge in [-0.25, -0.2) is 4.79 Å². The third-order valence-corrected chi connectivity index (χ3v) is 3.82. The maximum Gasteiger partial charge on any atom is 0.333 e. The van der Waals surface area contributed by atoms with Gasteiger partial charge in [0.25, 0.3) is 0 Å². The highest BCUT2D eigenvalue weighted by molar-refractivity contribution is 5.86. The number of carbonyl (C=O) groups is 1. The van der Waals surface area contributed by atoms with Crippen LogP contribution in [0.4, 0.5) is 0 Å². The number of esters is 1. The summed E-state index contributed by atoms with van der Waals surface area (Å²) in [6.07, 6.45) is 15.1. The molecule has 0 aromatic rings. The molecule has 0 atom stereocenters. The van der Waals surface area contributed by atoms with E-state index in [0.717, 1.165) is 13.1 Å². The lowest BCUT2D eigenvalue weighted by molar-refractivity contribution is -0.138. The molecule has 0 bridgehead atoms. The van der Waals surface area contributed by atoms with Crippen molar-refractivity contribution in [1.82, 2.24) is 5.32 Å². The summed E-state index contributed by atoms with van der Waals surface area (Å²) in [6.45, 7) is 9.67. The zero-order valence-electron chi connectivity index (χ0n) is 14.9. The average molecular weight is 312 g/mol. The summed E-state index contributed by atoms with van der Waals surface area (Å²) in [7, 11) is 0. The molecule has 22 heavy (non-hydrogen) atoms. The van der Waals surface area contributed by atoms with Crippen molar-refractivity contribution in [2.24, 2.45) is 0 Å². The summed E-state index contributed by atoms with van der Waals surface area (Å²) in [4.78, 5) is 11.1. The maximum atomic E-state index is 11.1. The lowest BCUT2D eigenvalue weighted by atomic mass is 10.1. The number of unbranched alkanes of at least 4 members (excludes halogenated alkanes) is 10. The van der Waals surface area contributed by atoms with Gasteiger partial charge in [0.15, 0.2) is 0 Å². The van der Waals surface area contributed by atoms with Crippen LogP contribution in [0.5, 0.6) is 0 Å². The molecule has 0 spiro atoms. The van der Waals surface area contributed by atoms with Gasteiger partial charge in [0, 0.05) is 12.1 Å². The third kappa shape index (κ3) is 15.6. The largest absolute Gasteiger partial charge is 0.461 e. The van der Waals surface area contributed by atoms with Crippen molar-refractivity contribution in [3.63, 3.8) is 0 Å². The zero-order chi connectivity index (χ0) is 16.5. The Labute approximate surface area is 137 Å². The van der Waals surface area contributed by atoms with Crippen molar-refractivity contribution in [1.29, 1.82) is 0 Å². The number of carbonyl (C=O) groups excluding carboxylic acids is 1. The molecule has 0 heterocycles. The van der Waals surface area contributed by atoms with Gasteiger partial charge >= 0.3 is 5.97 Å². The van der Waals surface area contributed by atoms with Crippen LogP contribution in [-0.4, -0.2) is 25.7 Å². The maximum absolute atomic E-state index is 11.1. The summed E-state index contributed by atoms with van der Waals surface area (Å²) >= 11 is 0. The fourth-order valence-electron chi connectivity index (χ4n) is 2.38. The molecule has 130 valence electrons. The standard InChI is InChI=1S/C19H37NO2/c1-4-5-6-7-8-9-10-11-12-13-14-15-20-16-17-22-19(21)18(2)3/h20H,2,4-17H2,1,3H3. The molecular formula is C19H37NO2. The number of nitrogens with one attached hydrogen (secondary N) is 1. The minimum Gasteiger partial charge on any atom is -0.461 e. The summed E-state index contributed by atoms with van der Waals surface area (Å²) in [6, 6.07) is 0. The molecule has 0 saturated heterocycles. The van der Waals surface area contributed by atoms with Gasteiger partial charge in [-0.05, 0) is 19.9 Å². The van der Waals surface area contributed by atoms with Crippen molar-refractivity contribution in [3.05, 3.63) is 12.2 Å². The first kappa shape index (κ1) is 21.2. The molecule has 0 aliphatic rings. The average Bonchev–Trinajstić information content (AvgIpc) is 2.50. The molecule has 0 aromatic heterocycles. The Balaban J connectivity index is 3.05. The predicted octanol–water partition coefficient (Wildman–Crippen LogP) is 5.01. The lowest BCUT2D eigenvalue weighted by Crippen LogP contribution is -2.22. The van der Waals surface area contributed by atoms with E-state index in [-0.39, 0.29) is 5.97 Å². The second kappa shape index (κ2) is 16.5. The van der Waals surface area contributed by atoms with Crippen LogP contribution in [0.25, 0.3) is 0 Å². The second-order valence-corrected chi connectivity index (χ2v) is 6.20. The second-order valence-electron chi connectivity index (χ2n) is 6.20. The van der Waals surface area contributed by atoms with Gasteiger partial charge in [-0.1, -0.05) is 77.7 Å². The highest BCUT2D eigenvalue weighted by Gasteiger charge is 2.01. The first-order valence-electron chi connectivity index (χ1n) is 9.21. The smallest absolute Gasteiger partial charge is 0.333 e. The Hall–Kier alpha value is -0.830. The molecule has 0 unspecified atom stereocenters. The van der Waals surface area contributed by atoms with Crippen molar-refractivity contribution >= 4 is 5.97 Å². The first-order chi connectivity index (χ1) is 10.7. The minimum atomic E-state index is -0.295. The highest BCUT2D eigenvalue weighted by Crippen LogP contribution is 2.10. The normalized spacial score (nSPS) is 10.6. The van der Waals surface area contributed by atoms with Gasteiger partial charge in [0.1, 0.15) is 6.61 Å². The zero-order valence-corrected chi connectivity index (χ0v) is 14.9. The topological polar surface area (TPSA) is 38.3 Å². The van der Waals surface area contributed by atoms with E-state index >= 15 is 0 Å². The van der Waals surface area contributed by atoms with Crippen LogP contribution in [0.3, 0.4) is 0 Å². The molecule has 0 saturated carbocycles. The quantitative estimate of drug-likeness (QED) is 0.247. The highest BCUT2D eigenvalue weighted by atomic mass is 16.5. The van der Waals surface area contributed by atoms with E-state index in [1.807, 2.05) is 0 Å². The van der Waals surface area contributed by atoms with Gasteiger partial charge in [-0.2, -0.15) is 0 Å². The van der Waals surface area contributed by atoms with Crippen molar-refractivity contribution < 1.29 is 9.53 Å². The number of hydrogen-bond acceptors (Lipinski definition) is 3. The molecule has 0 radical (unpaired) electrons. The molecule has 0 rings (SSSR count). The summed E-state index contributed by atoms with van der Waals surface area (Å²) < 4.78 is 5.01. The van der Waals surface area contributed by atoms with E-state index in [2.05, 4.69) is 18.8 Å². The molecule has 0 aliphatic heterocycles. The van der Waals surface area contributed by atoms with Crippen LogP contribution in [-0.2, 0) is 9.53 Å².